The molecule has 2 aromatic heterocycles. The molecule has 238 valence electrons. The first kappa shape index (κ1) is 34.5. The number of likely N-dealkylation sites (N-methyl/N-ethyl adjacent to an activating group) is 1. The van der Waals surface area contributed by atoms with Gasteiger partial charge in [-0.05, 0) is 94.5 Å². The summed E-state index contributed by atoms with van der Waals surface area (Å²) in [6, 6.07) is 9.33. The fraction of sp³-hybridized carbons (Fsp3) is 0.484. The molecule has 1 spiro atoms. The highest BCUT2D eigenvalue weighted by molar-refractivity contribution is 6.35. The van der Waals surface area contributed by atoms with Gasteiger partial charge in [-0.25, -0.2) is 15.0 Å². The molecule has 3 aromatic rings. The lowest BCUT2D eigenvalue weighted by atomic mass is 9.93. The van der Waals surface area contributed by atoms with Crippen LogP contribution in [0.4, 0.5) is 5.95 Å². The fourth-order valence-corrected chi connectivity index (χ4v) is 7.19. The number of carboxylic acid groups (broad SMARTS) is 1. The minimum absolute atomic E-state index is 0. The van der Waals surface area contributed by atoms with E-state index in [4.69, 9.17) is 38.0 Å². The molecule has 0 radical (unpaired) electrons. The summed E-state index contributed by atoms with van der Waals surface area (Å²) in [5, 5.41) is 10.2. The van der Waals surface area contributed by atoms with Crippen LogP contribution in [0.25, 0.3) is 11.3 Å². The molecule has 3 aliphatic rings. The van der Waals surface area contributed by atoms with Gasteiger partial charge in [-0.3, -0.25) is 14.6 Å². The number of rotatable bonds is 8. The lowest BCUT2D eigenvalue weighted by Gasteiger charge is -2.31. The number of anilines is 1. The van der Waals surface area contributed by atoms with Crippen LogP contribution in [0, 0.1) is 5.92 Å². The second-order valence-corrected chi connectivity index (χ2v) is 12.8. The lowest BCUT2D eigenvalue weighted by Crippen LogP contribution is -2.43. The van der Waals surface area contributed by atoms with Crippen molar-refractivity contribution >= 4 is 59.9 Å². The highest BCUT2D eigenvalue weighted by atomic mass is 35.5. The summed E-state index contributed by atoms with van der Waals surface area (Å²) in [4.78, 5) is 32.3. The number of ether oxygens (including phenoxy) is 1. The predicted octanol–water partition coefficient (Wildman–Crippen LogP) is 6.84. The first-order valence-electron chi connectivity index (χ1n) is 14.6. The van der Waals surface area contributed by atoms with Crippen molar-refractivity contribution in [1.29, 1.82) is 0 Å². The van der Waals surface area contributed by atoms with E-state index < -0.39 is 5.97 Å². The number of carboxylic acids is 1. The van der Waals surface area contributed by atoms with Gasteiger partial charge in [-0.1, -0.05) is 23.2 Å². The van der Waals surface area contributed by atoms with Crippen LogP contribution in [0.1, 0.15) is 44.1 Å². The Morgan fingerprint density at radius 1 is 1.00 bits per heavy atom. The third-order valence-electron chi connectivity index (χ3n) is 8.99. The minimum Gasteiger partial charge on any atom is -0.481 e. The SMILES string of the molecule is CN1CCCC12CCN(c1ncc(Oc3cc(CN4CCC(CC(=O)O)CC4)cc(-c4cc(Cl)cc(Cl)c4)n3)cn1)C2.Cl.Cl. The number of aromatic nitrogens is 3. The first-order valence-corrected chi connectivity index (χ1v) is 15.4. The quantitative estimate of drug-likeness (QED) is 0.274. The molecule has 1 unspecified atom stereocenters. The van der Waals surface area contributed by atoms with Crippen LogP contribution in [0.3, 0.4) is 0 Å². The van der Waals surface area contributed by atoms with Gasteiger partial charge < -0.3 is 14.7 Å². The summed E-state index contributed by atoms with van der Waals surface area (Å²) in [5.74, 6) is 1.18. The molecule has 5 heterocycles. The number of halogens is 4. The number of hydrogen-bond donors (Lipinski definition) is 1. The Morgan fingerprint density at radius 3 is 2.34 bits per heavy atom. The molecule has 3 saturated heterocycles. The average molecular weight is 684 g/mol. The molecule has 9 nitrogen and oxygen atoms in total. The molecule has 3 fully saturated rings. The Bertz CT molecular complexity index is 1420. The van der Waals surface area contributed by atoms with E-state index in [0.717, 1.165) is 69.1 Å². The summed E-state index contributed by atoms with van der Waals surface area (Å²) < 4.78 is 6.21. The van der Waals surface area contributed by atoms with E-state index in [1.54, 1.807) is 18.5 Å². The molecule has 1 atom stereocenters. The summed E-state index contributed by atoms with van der Waals surface area (Å²) in [7, 11) is 2.22. The van der Waals surface area contributed by atoms with Crippen LogP contribution < -0.4 is 9.64 Å². The molecular formula is C31H38Cl4N6O3. The maximum Gasteiger partial charge on any atom is 0.303 e. The van der Waals surface area contributed by atoms with Gasteiger partial charge in [0.15, 0.2) is 5.75 Å². The zero-order valence-electron chi connectivity index (χ0n) is 24.6. The molecule has 0 amide bonds. The minimum atomic E-state index is -0.725. The average Bonchev–Trinajstić information content (AvgIpc) is 3.55. The fourth-order valence-electron chi connectivity index (χ4n) is 6.67. The van der Waals surface area contributed by atoms with Crippen molar-refractivity contribution in [2.24, 2.45) is 5.92 Å². The Labute approximate surface area is 280 Å². The lowest BCUT2D eigenvalue weighted by molar-refractivity contribution is -0.138. The first-order chi connectivity index (χ1) is 20.2. The van der Waals surface area contributed by atoms with E-state index in [0.29, 0.717) is 33.9 Å². The summed E-state index contributed by atoms with van der Waals surface area (Å²) >= 11 is 12.6. The van der Waals surface area contributed by atoms with E-state index in [2.05, 4.69) is 31.7 Å². The molecular weight excluding hydrogens is 646 g/mol. The molecule has 0 saturated carbocycles. The molecule has 44 heavy (non-hydrogen) atoms. The molecule has 13 heteroatoms. The number of carbonyl (C=O) groups is 1. The second-order valence-electron chi connectivity index (χ2n) is 11.9. The van der Waals surface area contributed by atoms with E-state index in [1.807, 2.05) is 24.3 Å². The van der Waals surface area contributed by atoms with Gasteiger partial charge in [0.1, 0.15) is 0 Å². The third kappa shape index (κ3) is 8.05. The third-order valence-corrected chi connectivity index (χ3v) is 9.43. The number of benzene rings is 1. The summed E-state index contributed by atoms with van der Waals surface area (Å²) in [6.45, 7) is 5.44. The number of pyridine rings is 1. The van der Waals surface area contributed by atoms with E-state index >= 15 is 0 Å². The van der Waals surface area contributed by atoms with Gasteiger partial charge >= 0.3 is 5.97 Å². The van der Waals surface area contributed by atoms with Crippen molar-refractivity contribution in [3.63, 3.8) is 0 Å². The number of hydrogen-bond acceptors (Lipinski definition) is 8. The summed E-state index contributed by atoms with van der Waals surface area (Å²) in [6.07, 6.45) is 9.00. The van der Waals surface area contributed by atoms with E-state index in [-0.39, 0.29) is 42.7 Å². The number of piperidine rings is 1. The van der Waals surface area contributed by atoms with Gasteiger partial charge in [0.25, 0.3) is 0 Å². The maximum atomic E-state index is 11.1. The Balaban J connectivity index is 0.00000221. The van der Waals surface area contributed by atoms with Crippen molar-refractivity contribution < 1.29 is 14.6 Å². The van der Waals surface area contributed by atoms with E-state index in [1.165, 1.54) is 12.8 Å². The van der Waals surface area contributed by atoms with Gasteiger partial charge in [0, 0.05) is 53.3 Å². The molecule has 0 aliphatic carbocycles. The largest absolute Gasteiger partial charge is 0.481 e. The molecule has 0 bridgehead atoms. The van der Waals surface area contributed by atoms with Crippen LogP contribution in [0.15, 0.2) is 42.7 Å². The molecule has 1 N–H and O–H groups in total. The van der Waals surface area contributed by atoms with Gasteiger partial charge in [0.2, 0.25) is 11.8 Å². The second kappa shape index (κ2) is 14.8. The topological polar surface area (TPSA) is 94.9 Å². The normalized spacial score (nSPS) is 20.8. The van der Waals surface area contributed by atoms with Gasteiger partial charge in [-0.2, -0.15) is 0 Å². The zero-order chi connectivity index (χ0) is 29.3. The number of nitrogens with zero attached hydrogens (tertiary/aromatic N) is 6. The monoisotopic (exact) mass is 682 g/mol. The standard InChI is InChI=1S/C31H36Cl2N6O3.2ClH/c1-37-7-2-5-31(37)6-10-39(20-31)30-34-17-26(18-35-30)42-28-12-22(19-38-8-3-21(4-9-38)13-29(40)41)11-27(36-28)23-14-24(32)16-25(33)15-23;;/h11-12,14-18,21H,2-10,13,19-20H2,1H3,(H,40,41);2*1H. The zero-order valence-corrected chi connectivity index (χ0v) is 27.8. The van der Waals surface area contributed by atoms with Gasteiger partial charge in [-0.15, -0.1) is 24.8 Å². The maximum absolute atomic E-state index is 11.1. The highest BCUT2D eigenvalue weighted by Crippen LogP contribution is 2.38. The molecule has 3 aliphatic heterocycles. The predicted molar refractivity (Wildman–Crippen MR) is 178 cm³/mol. The molecule has 6 rings (SSSR count). The molecule has 1 aromatic carbocycles. The Hall–Kier alpha value is -2.40. The van der Waals surface area contributed by atoms with Crippen molar-refractivity contribution in [3.8, 4) is 22.9 Å². The smallest absolute Gasteiger partial charge is 0.303 e. The highest BCUT2D eigenvalue weighted by Gasteiger charge is 2.44. The Morgan fingerprint density at radius 2 is 1.70 bits per heavy atom. The van der Waals surface area contributed by atoms with Crippen LogP contribution >= 0.6 is 48.0 Å². The Kier molecular flexibility index (Phi) is 11.6. The van der Waals surface area contributed by atoms with Crippen LogP contribution in [-0.4, -0.2) is 81.1 Å². The van der Waals surface area contributed by atoms with Crippen molar-refractivity contribution in [2.45, 2.75) is 50.6 Å². The van der Waals surface area contributed by atoms with Crippen LogP contribution in [0.2, 0.25) is 10.0 Å². The van der Waals surface area contributed by atoms with Crippen molar-refractivity contribution in [3.05, 3.63) is 58.3 Å². The van der Waals surface area contributed by atoms with Gasteiger partial charge in [0.05, 0.1) is 18.1 Å². The van der Waals surface area contributed by atoms with Crippen LogP contribution in [-0.2, 0) is 11.3 Å². The van der Waals surface area contributed by atoms with Crippen molar-refractivity contribution in [1.82, 2.24) is 24.8 Å². The number of likely N-dealkylation sites (tertiary alicyclic amines) is 2. The van der Waals surface area contributed by atoms with E-state index in [9.17, 15) is 4.79 Å². The summed E-state index contributed by atoms with van der Waals surface area (Å²) in [5.41, 5.74) is 2.77. The van der Waals surface area contributed by atoms with Crippen LogP contribution in [0.5, 0.6) is 11.6 Å². The number of aliphatic carboxylic acids is 1. The van der Waals surface area contributed by atoms with Crippen molar-refractivity contribution in [2.75, 3.05) is 44.7 Å².